The molecule has 12 nitrogen and oxygen atoms in total. The lowest BCUT2D eigenvalue weighted by Gasteiger charge is -2.08. The molecular weight excluding hydrogens is 462 g/mol. The summed E-state index contributed by atoms with van der Waals surface area (Å²) in [6.07, 6.45) is 7.96. The van der Waals surface area contributed by atoms with Gasteiger partial charge in [0.2, 0.25) is 5.95 Å². The highest BCUT2D eigenvalue weighted by atomic mass is 16.5. The van der Waals surface area contributed by atoms with Gasteiger partial charge in [-0.25, -0.2) is 15.0 Å². The molecule has 2 aliphatic rings. The Bertz CT molecular complexity index is 1290. The average molecular weight is 490 g/mol. The van der Waals surface area contributed by atoms with Crippen LogP contribution in [0.25, 0.3) is 22.8 Å². The van der Waals surface area contributed by atoms with E-state index >= 15 is 0 Å². The minimum absolute atomic E-state index is 0.148. The van der Waals surface area contributed by atoms with Gasteiger partial charge < -0.3 is 25.2 Å². The first-order valence-electron chi connectivity index (χ1n) is 11.7. The second-order valence-corrected chi connectivity index (χ2v) is 8.60. The van der Waals surface area contributed by atoms with Crippen LogP contribution in [0.15, 0.2) is 59.7 Å². The molecule has 0 aromatic carbocycles. The van der Waals surface area contributed by atoms with Crippen molar-refractivity contribution in [1.29, 1.82) is 0 Å². The van der Waals surface area contributed by atoms with E-state index in [2.05, 4.69) is 35.8 Å². The fourth-order valence-corrected chi connectivity index (χ4v) is 4.03. The molecule has 0 bridgehead atoms. The molecule has 3 N–H and O–H groups in total. The lowest BCUT2D eigenvalue weighted by atomic mass is 10.2. The Kier molecular flexibility index (Phi) is 6.96. The Morgan fingerprint density at radius 2 is 1.94 bits per heavy atom. The van der Waals surface area contributed by atoms with Gasteiger partial charge in [0.1, 0.15) is 18.1 Å². The maximum atomic E-state index is 10.6. The van der Waals surface area contributed by atoms with E-state index in [4.69, 9.17) is 9.63 Å². The number of amides is 1. The molecule has 36 heavy (non-hydrogen) atoms. The third-order valence-corrected chi connectivity index (χ3v) is 6.03. The number of likely N-dealkylation sites (tertiary alicyclic amines) is 1. The molecule has 12 heteroatoms. The molecule has 6 heterocycles. The zero-order valence-electron chi connectivity index (χ0n) is 19.8. The van der Waals surface area contributed by atoms with Crippen LogP contribution in [0.1, 0.15) is 18.9 Å². The van der Waals surface area contributed by atoms with Gasteiger partial charge in [-0.05, 0) is 37.6 Å². The number of aromatic nitrogens is 6. The van der Waals surface area contributed by atoms with E-state index < -0.39 is 6.10 Å². The zero-order chi connectivity index (χ0) is 24.9. The van der Waals surface area contributed by atoms with Crippen molar-refractivity contribution < 1.29 is 14.4 Å². The topological polar surface area (TPSA) is 147 Å². The lowest BCUT2D eigenvalue weighted by Crippen LogP contribution is -2.24. The average Bonchev–Trinajstić information content (AvgIpc) is 3.72. The number of hydrogen-bond donors (Lipinski definition) is 3. The predicted molar refractivity (Wildman–Crippen MR) is 131 cm³/mol. The van der Waals surface area contributed by atoms with Crippen molar-refractivity contribution in [3.63, 3.8) is 0 Å². The summed E-state index contributed by atoms with van der Waals surface area (Å²) in [6.45, 7) is 2.67. The van der Waals surface area contributed by atoms with E-state index in [9.17, 15) is 4.79 Å². The fraction of sp³-hybridized carbons (Fsp3) is 0.333. The van der Waals surface area contributed by atoms with Crippen LogP contribution in [0.4, 0.5) is 11.6 Å². The summed E-state index contributed by atoms with van der Waals surface area (Å²) in [5.74, 6) is 0.347. The maximum Gasteiger partial charge on any atom is 0.251 e. The van der Waals surface area contributed by atoms with Crippen molar-refractivity contribution in [2.45, 2.75) is 25.0 Å². The second kappa shape index (κ2) is 10.6. The molecule has 2 saturated heterocycles. The smallest absolute Gasteiger partial charge is 0.251 e. The first-order chi connectivity index (χ1) is 17.6. The van der Waals surface area contributed by atoms with Crippen LogP contribution in [0.3, 0.4) is 0 Å². The summed E-state index contributed by atoms with van der Waals surface area (Å²) < 4.78 is 6.88. The van der Waals surface area contributed by atoms with Crippen LogP contribution in [-0.2, 0) is 4.79 Å². The maximum absolute atomic E-state index is 10.6. The van der Waals surface area contributed by atoms with E-state index in [0.29, 0.717) is 30.6 Å². The zero-order valence-corrected chi connectivity index (χ0v) is 19.8. The number of aliphatic hydroxyl groups is 1. The summed E-state index contributed by atoms with van der Waals surface area (Å²) in [6, 6.07) is 9.70. The Labute approximate surface area is 207 Å². The molecule has 4 aromatic rings. The normalized spacial score (nSPS) is 19.3. The highest BCUT2D eigenvalue weighted by molar-refractivity contribution is 5.82. The van der Waals surface area contributed by atoms with E-state index in [1.807, 2.05) is 35.1 Å². The molecule has 4 aromatic heterocycles. The number of nitrogens with zero attached hydrogens (tertiary/aromatic N) is 7. The van der Waals surface area contributed by atoms with Crippen LogP contribution in [-0.4, -0.2) is 78.6 Å². The number of carbonyl (C=O) groups excluding carboxylic acids is 1. The third-order valence-electron chi connectivity index (χ3n) is 6.03. The van der Waals surface area contributed by atoms with Crippen molar-refractivity contribution in [1.82, 2.24) is 40.1 Å². The molecule has 0 radical (unpaired) electrons. The lowest BCUT2D eigenvalue weighted by molar-refractivity contribution is -0.133. The minimum atomic E-state index is -0.722. The van der Waals surface area contributed by atoms with Crippen LogP contribution in [0, 0.1) is 0 Å². The largest absolute Gasteiger partial charge is 0.383 e. The highest BCUT2D eigenvalue weighted by Crippen LogP contribution is 2.22. The van der Waals surface area contributed by atoms with E-state index in [1.165, 1.54) is 11.2 Å². The van der Waals surface area contributed by atoms with Gasteiger partial charge in [0.25, 0.3) is 5.91 Å². The summed E-state index contributed by atoms with van der Waals surface area (Å²) in [7, 11) is 1.69. The molecule has 1 amide bonds. The van der Waals surface area contributed by atoms with Gasteiger partial charge in [0.15, 0.2) is 0 Å². The number of carbonyl (C=O) groups is 1. The van der Waals surface area contributed by atoms with Crippen LogP contribution in [0.2, 0.25) is 0 Å². The summed E-state index contributed by atoms with van der Waals surface area (Å²) >= 11 is 0. The monoisotopic (exact) mass is 489 g/mol. The first-order valence-corrected chi connectivity index (χ1v) is 11.7. The molecule has 186 valence electrons. The quantitative estimate of drug-likeness (QED) is 0.379. The second-order valence-electron chi connectivity index (χ2n) is 8.60. The van der Waals surface area contributed by atoms with Gasteiger partial charge >= 0.3 is 0 Å². The Balaban J connectivity index is 0.000000286. The highest BCUT2D eigenvalue weighted by Gasteiger charge is 2.26. The van der Waals surface area contributed by atoms with E-state index in [0.717, 1.165) is 42.3 Å². The number of pyridine rings is 1. The SMILES string of the molecule is CN1CCC(O)C1=O.c1cc(-c2ccon2)nc(-c2ccnc(Nc3cnn(C4CCNC4)c3)n2)c1. The van der Waals surface area contributed by atoms with E-state index in [-0.39, 0.29) is 5.91 Å². The van der Waals surface area contributed by atoms with Gasteiger partial charge in [-0.1, -0.05) is 11.2 Å². The molecular formula is C24H27N9O3. The fourth-order valence-electron chi connectivity index (χ4n) is 4.03. The molecule has 2 fully saturated rings. The van der Waals surface area contributed by atoms with Gasteiger partial charge in [0.05, 0.1) is 35.0 Å². The molecule has 0 spiro atoms. The van der Waals surface area contributed by atoms with Crippen molar-refractivity contribution >= 4 is 17.5 Å². The molecule has 0 aliphatic carbocycles. The third kappa shape index (κ3) is 5.39. The number of anilines is 2. The number of hydrogen-bond acceptors (Lipinski definition) is 10. The van der Waals surface area contributed by atoms with Gasteiger partial charge in [0, 0.05) is 38.6 Å². The summed E-state index contributed by atoms with van der Waals surface area (Å²) in [5.41, 5.74) is 3.72. The van der Waals surface area contributed by atoms with Crippen molar-refractivity contribution in [3.05, 3.63) is 55.2 Å². The molecule has 2 unspecified atom stereocenters. The van der Waals surface area contributed by atoms with Gasteiger partial charge in [-0.3, -0.25) is 9.48 Å². The number of nitrogens with one attached hydrogen (secondary N) is 2. The standard InChI is InChI=1S/C19H18N8O.C5H9NO2/c1-2-15(24-16(3-1)18-6-9-28-26-18)17-5-8-21-19(25-17)23-13-10-22-27(12-13)14-4-7-20-11-14;1-6-3-2-4(7)5(6)8/h1-3,5-6,8-10,12,14,20H,4,7,11H2,(H,21,23,25);4,7H,2-3H2,1H3. The van der Waals surface area contributed by atoms with Crippen molar-refractivity contribution in [2.75, 3.05) is 32.0 Å². The first kappa shape index (κ1) is 23.6. The Morgan fingerprint density at radius 1 is 1.11 bits per heavy atom. The summed E-state index contributed by atoms with van der Waals surface area (Å²) in [4.78, 5) is 25.6. The predicted octanol–water partition coefficient (Wildman–Crippen LogP) is 1.88. The van der Waals surface area contributed by atoms with E-state index in [1.54, 1.807) is 25.5 Å². The van der Waals surface area contributed by atoms with Gasteiger partial charge in [-0.2, -0.15) is 5.10 Å². The van der Waals surface area contributed by atoms with Gasteiger partial charge in [-0.15, -0.1) is 0 Å². The molecule has 2 aliphatic heterocycles. The Hall–Kier alpha value is -4.16. The van der Waals surface area contributed by atoms with Crippen LogP contribution in [0.5, 0.6) is 0 Å². The molecule has 2 atom stereocenters. The Morgan fingerprint density at radius 3 is 2.61 bits per heavy atom. The molecule has 6 rings (SSSR count). The van der Waals surface area contributed by atoms with Crippen molar-refractivity contribution in [3.8, 4) is 22.8 Å². The summed E-state index contributed by atoms with van der Waals surface area (Å²) in [5, 5.41) is 23.7. The van der Waals surface area contributed by atoms with Crippen LogP contribution < -0.4 is 10.6 Å². The number of likely N-dealkylation sites (N-methyl/N-ethyl adjacent to an activating group) is 1. The number of rotatable bonds is 5. The minimum Gasteiger partial charge on any atom is -0.383 e. The number of aliphatic hydroxyl groups excluding tert-OH is 1. The van der Waals surface area contributed by atoms with Crippen LogP contribution >= 0.6 is 0 Å². The van der Waals surface area contributed by atoms with Crippen molar-refractivity contribution in [2.24, 2.45) is 0 Å². The molecule has 0 saturated carbocycles.